The van der Waals surface area contributed by atoms with Gasteiger partial charge in [0.25, 0.3) is 0 Å². The highest BCUT2D eigenvalue weighted by Crippen LogP contribution is 2.44. The van der Waals surface area contributed by atoms with Crippen molar-refractivity contribution in [2.24, 2.45) is 0 Å². The fourth-order valence-corrected chi connectivity index (χ4v) is 5.00. The van der Waals surface area contributed by atoms with Crippen LogP contribution in [0.5, 0.6) is 5.75 Å². The Morgan fingerprint density at radius 2 is 2.03 bits per heavy atom. The Morgan fingerprint density at radius 3 is 2.71 bits per heavy atom. The maximum absolute atomic E-state index is 12.5. The molecule has 1 saturated carbocycles. The maximum Gasteiger partial charge on any atom is 0.414 e. The third-order valence-corrected chi connectivity index (χ3v) is 7.11. The molecule has 7 nitrogen and oxygen atoms in total. The number of likely N-dealkylation sites (tertiary alicyclic amines) is 1. The van der Waals surface area contributed by atoms with Crippen LogP contribution >= 0.6 is 0 Å². The van der Waals surface area contributed by atoms with E-state index in [2.05, 4.69) is 35.8 Å². The minimum atomic E-state index is -0.311. The number of aromatic nitrogens is 2. The summed E-state index contributed by atoms with van der Waals surface area (Å²) in [6.45, 7) is 4.21. The van der Waals surface area contributed by atoms with E-state index < -0.39 is 0 Å². The first-order valence-corrected chi connectivity index (χ1v) is 11.5. The summed E-state index contributed by atoms with van der Waals surface area (Å²) in [5.41, 5.74) is 4.17. The molecule has 7 heteroatoms. The fourth-order valence-electron chi connectivity index (χ4n) is 5.00. The summed E-state index contributed by atoms with van der Waals surface area (Å²) in [6, 6.07) is 4.65. The molecular weight excluding hydrogens is 392 g/mol. The van der Waals surface area contributed by atoms with Gasteiger partial charge in [-0.15, -0.1) is 0 Å². The second-order valence-electron chi connectivity index (χ2n) is 9.25. The molecule has 3 aliphatic rings. The molecule has 0 radical (unpaired) electrons. The summed E-state index contributed by atoms with van der Waals surface area (Å²) in [7, 11) is 3.60. The number of methoxy groups -OCH3 is 1. The molecular formula is C24H32N4O3. The molecule has 0 N–H and O–H groups in total. The number of rotatable bonds is 4. The predicted molar refractivity (Wildman–Crippen MR) is 120 cm³/mol. The Labute approximate surface area is 183 Å². The first-order valence-electron chi connectivity index (χ1n) is 11.5. The van der Waals surface area contributed by atoms with Gasteiger partial charge in [0.2, 0.25) is 0 Å². The zero-order valence-electron chi connectivity index (χ0n) is 18.7. The van der Waals surface area contributed by atoms with Gasteiger partial charge in [0.05, 0.1) is 31.1 Å². The molecule has 0 bridgehead atoms. The van der Waals surface area contributed by atoms with Crippen molar-refractivity contribution in [2.45, 2.75) is 63.6 Å². The highest BCUT2D eigenvalue weighted by atomic mass is 16.5. The number of amides is 1. The molecule has 0 spiro atoms. The summed E-state index contributed by atoms with van der Waals surface area (Å²) in [6.07, 6.45) is 10.4. The van der Waals surface area contributed by atoms with Gasteiger partial charge < -0.3 is 14.4 Å². The Hall–Kier alpha value is -2.54. The molecule has 2 fully saturated rings. The van der Waals surface area contributed by atoms with Gasteiger partial charge >= 0.3 is 6.09 Å². The van der Waals surface area contributed by atoms with E-state index >= 15 is 0 Å². The average Bonchev–Trinajstić information content (AvgIpc) is 3.39. The van der Waals surface area contributed by atoms with Crippen LogP contribution < -0.4 is 9.64 Å². The number of ether oxygens (including phenoxy) is 2. The zero-order chi connectivity index (χ0) is 21.5. The predicted octanol–water partition coefficient (Wildman–Crippen LogP) is 4.27. The largest absolute Gasteiger partial charge is 0.489 e. The van der Waals surface area contributed by atoms with Crippen LogP contribution in [0.1, 0.15) is 50.6 Å². The number of fused-ring (bicyclic) bond motifs is 1. The van der Waals surface area contributed by atoms with Crippen molar-refractivity contribution < 1.29 is 14.3 Å². The molecule has 5 rings (SSSR count). The second-order valence-corrected chi connectivity index (χ2v) is 9.25. The lowest BCUT2D eigenvalue weighted by Gasteiger charge is -2.37. The van der Waals surface area contributed by atoms with Gasteiger partial charge in [-0.05, 0) is 71.2 Å². The number of likely N-dealkylation sites (N-methyl/N-ethyl adjacent to an activating group) is 1. The molecule has 2 atom stereocenters. The van der Waals surface area contributed by atoms with E-state index in [9.17, 15) is 4.79 Å². The molecule has 2 aromatic rings. The van der Waals surface area contributed by atoms with Gasteiger partial charge in [-0.3, -0.25) is 9.58 Å². The number of benzene rings is 1. The quantitative estimate of drug-likeness (QED) is 0.734. The number of carbonyl (C=O) groups excluding carboxylic acids is 1. The van der Waals surface area contributed by atoms with Crippen LogP contribution in [0.3, 0.4) is 0 Å². The van der Waals surface area contributed by atoms with Gasteiger partial charge in [-0.25, -0.2) is 4.79 Å². The van der Waals surface area contributed by atoms with Crippen LogP contribution in [-0.2, 0) is 11.2 Å². The van der Waals surface area contributed by atoms with Crippen molar-refractivity contribution >= 4 is 11.8 Å². The van der Waals surface area contributed by atoms with Gasteiger partial charge in [0.1, 0.15) is 5.75 Å². The first kappa shape index (κ1) is 20.4. The van der Waals surface area contributed by atoms with E-state index in [0.717, 1.165) is 73.3 Å². The summed E-state index contributed by atoms with van der Waals surface area (Å²) in [5, 5.41) is 4.69. The van der Waals surface area contributed by atoms with Crippen molar-refractivity contribution in [1.82, 2.24) is 14.7 Å². The molecule has 3 heterocycles. The highest BCUT2D eigenvalue weighted by Gasteiger charge is 2.33. The van der Waals surface area contributed by atoms with E-state index in [1.54, 1.807) is 4.90 Å². The molecule has 166 valence electrons. The fraction of sp³-hybridized carbons (Fsp3) is 0.583. The number of hydrogen-bond acceptors (Lipinski definition) is 5. The summed E-state index contributed by atoms with van der Waals surface area (Å²) < 4.78 is 13.7. The van der Waals surface area contributed by atoms with Crippen LogP contribution in [0.15, 0.2) is 24.5 Å². The molecule has 1 aromatic heterocycles. The lowest BCUT2D eigenvalue weighted by atomic mass is 9.91. The smallest absolute Gasteiger partial charge is 0.414 e. The molecule has 2 aliphatic heterocycles. The molecule has 1 saturated heterocycles. The van der Waals surface area contributed by atoms with Crippen molar-refractivity contribution in [3.63, 3.8) is 0 Å². The minimum absolute atomic E-state index is 0.101. The van der Waals surface area contributed by atoms with Gasteiger partial charge in [0, 0.05) is 35.5 Å². The van der Waals surface area contributed by atoms with E-state index in [1.807, 2.05) is 12.3 Å². The molecule has 1 aromatic carbocycles. The van der Waals surface area contributed by atoms with Crippen LogP contribution in [-0.4, -0.2) is 60.2 Å². The number of hydrogen-bond donors (Lipinski definition) is 0. The Kier molecular flexibility index (Phi) is 5.38. The Morgan fingerprint density at radius 1 is 1.19 bits per heavy atom. The summed E-state index contributed by atoms with van der Waals surface area (Å²) in [4.78, 5) is 16.6. The maximum atomic E-state index is 12.5. The second kappa shape index (κ2) is 8.19. The van der Waals surface area contributed by atoms with Crippen LogP contribution in [0.2, 0.25) is 0 Å². The molecule has 1 aliphatic carbocycles. The minimum Gasteiger partial charge on any atom is -0.489 e. The lowest BCUT2D eigenvalue weighted by Crippen LogP contribution is -2.42. The normalized spacial score (nSPS) is 24.0. The van der Waals surface area contributed by atoms with E-state index in [-0.39, 0.29) is 18.2 Å². The average molecular weight is 425 g/mol. The zero-order valence-corrected chi connectivity index (χ0v) is 18.7. The standard InChI is InChI=1S/C24H32N4O3/c1-16-7-8-21-22(28(16)24(29)30-3)10-9-20(23(21)31-19-5-4-6-19)17-13-25-27(14-17)18-11-12-26(2)15-18/h9-10,13-14,16,18-19H,4-8,11-12,15H2,1-3H3/t16-,18?/m0/s1. The number of nitrogens with zero attached hydrogens (tertiary/aromatic N) is 4. The molecule has 1 unspecified atom stereocenters. The van der Waals surface area contributed by atoms with E-state index in [4.69, 9.17) is 14.6 Å². The molecule has 31 heavy (non-hydrogen) atoms. The number of anilines is 1. The topological polar surface area (TPSA) is 59.8 Å². The van der Waals surface area contributed by atoms with Gasteiger partial charge in [0.15, 0.2) is 0 Å². The summed E-state index contributed by atoms with van der Waals surface area (Å²) in [5.74, 6) is 0.922. The monoisotopic (exact) mass is 424 g/mol. The highest BCUT2D eigenvalue weighted by molar-refractivity contribution is 5.92. The molecule has 1 amide bonds. The van der Waals surface area contributed by atoms with Crippen LogP contribution in [0, 0.1) is 0 Å². The van der Waals surface area contributed by atoms with Crippen molar-refractivity contribution in [2.75, 3.05) is 32.1 Å². The van der Waals surface area contributed by atoms with Gasteiger partial charge in [-0.1, -0.05) is 0 Å². The van der Waals surface area contributed by atoms with Crippen LogP contribution in [0.4, 0.5) is 10.5 Å². The lowest BCUT2D eigenvalue weighted by molar-refractivity contribution is 0.119. The van der Waals surface area contributed by atoms with E-state index in [1.165, 1.54) is 13.5 Å². The first-order chi connectivity index (χ1) is 15.0. The Bertz CT molecular complexity index is 968. The van der Waals surface area contributed by atoms with Gasteiger partial charge in [-0.2, -0.15) is 5.10 Å². The third kappa shape index (κ3) is 3.69. The Balaban J connectivity index is 1.55. The number of carbonyl (C=O) groups is 1. The van der Waals surface area contributed by atoms with Crippen molar-refractivity contribution in [1.29, 1.82) is 0 Å². The van der Waals surface area contributed by atoms with Crippen molar-refractivity contribution in [3.8, 4) is 16.9 Å². The van der Waals surface area contributed by atoms with Crippen molar-refractivity contribution in [3.05, 3.63) is 30.1 Å². The van der Waals surface area contributed by atoms with E-state index in [0.29, 0.717) is 6.04 Å². The van der Waals surface area contributed by atoms with Crippen LogP contribution in [0.25, 0.3) is 11.1 Å². The third-order valence-electron chi connectivity index (χ3n) is 7.11. The SMILES string of the molecule is COC(=O)N1c2ccc(-c3cnn(C4CCN(C)C4)c3)c(OC3CCC3)c2CC[C@@H]1C. The summed E-state index contributed by atoms with van der Waals surface area (Å²) >= 11 is 0.